The van der Waals surface area contributed by atoms with E-state index < -0.39 is 0 Å². The number of hydrogen-bond acceptors (Lipinski definition) is 4. The summed E-state index contributed by atoms with van der Waals surface area (Å²) in [4.78, 5) is 4.52. The number of nitrogens with one attached hydrogen (secondary N) is 1. The van der Waals surface area contributed by atoms with E-state index in [9.17, 15) is 0 Å². The van der Waals surface area contributed by atoms with Crippen LogP contribution in [0.1, 0.15) is 44.2 Å². The Labute approximate surface area is 118 Å². The minimum Gasteiger partial charge on any atom is -0.328 e. The van der Waals surface area contributed by atoms with Crippen molar-refractivity contribution in [2.45, 2.75) is 50.7 Å². The van der Waals surface area contributed by atoms with Crippen molar-refractivity contribution in [3.05, 3.63) is 29.3 Å². The molecule has 2 heterocycles. The fraction of sp³-hybridized carbons (Fsp3) is 0.533. The summed E-state index contributed by atoms with van der Waals surface area (Å²) >= 11 is 1.76. The van der Waals surface area contributed by atoms with Crippen LogP contribution in [0.5, 0.6) is 0 Å². The fourth-order valence-electron chi connectivity index (χ4n) is 2.83. The molecular weight excluding hydrogens is 254 g/mol. The van der Waals surface area contributed by atoms with Gasteiger partial charge in [-0.05, 0) is 55.7 Å². The number of aromatic nitrogens is 1. The van der Waals surface area contributed by atoms with Crippen LogP contribution in [0.15, 0.2) is 23.7 Å². The van der Waals surface area contributed by atoms with E-state index in [1.54, 1.807) is 11.3 Å². The zero-order chi connectivity index (χ0) is 13.2. The van der Waals surface area contributed by atoms with Crippen molar-refractivity contribution in [2.24, 2.45) is 5.73 Å². The number of pyridine rings is 1. The largest absolute Gasteiger partial charge is 0.328 e. The summed E-state index contributed by atoms with van der Waals surface area (Å²) in [7, 11) is 0. The summed E-state index contributed by atoms with van der Waals surface area (Å²) in [6, 6.07) is 5.72. The van der Waals surface area contributed by atoms with Crippen LogP contribution in [0.3, 0.4) is 0 Å². The summed E-state index contributed by atoms with van der Waals surface area (Å²) < 4.78 is 1.27. The third-order valence-corrected chi connectivity index (χ3v) is 4.93. The second-order valence-corrected chi connectivity index (χ2v) is 6.52. The van der Waals surface area contributed by atoms with Gasteiger partial charge >= 0.3 is 0 Å². The quantitative estimate of drug-likeness (QED) is 0.904. The number of nitrogens with zero attached hydrogens (tertiary/aromatic N) is 1. The molecule has 0 bridgehead atoms. The minimum absolute atomic E-state index is 0.360. The molecule has 3 rings (SSSR count). The van der Waals surface area contributed by atoms with Crippen LogP contribution in [-0.2, 0) is 0 Å². The monoisotopic (exact) mass is 275 g/mol. The maximum atomic E-state index is 5.95. The van der Waals surface area contributed by atoms with Crippen LogP contribution >= 0.6 is 11.3 Å². The smallest absolute Gasteiger partial charge is 0.0809 e. The minimum atomic E-state index is 0.360. The van der Waals surface area contributed by atoms with E-state index in [-0.39, 0.29) is 0 Å². The molecule has 0 amide bonds. The second kappa shape index (κ2) is 5.57. The molecule has 1 unspecified atom stereocenters. The Hall–Kier alpha value is -0.970. The first-order valence-electron chi connectivity index (χ1n) is 7.07. The average Bonchev–Trinajstić information content (AvgIpc) is 2.88. The van der Waals surface area contributed by atoms with Gasteiger partial charge in [0.15, 0.2) is 0 Å². The molecule has 1 saturated carbocycles. The van der Waals surface area contributed by atoms with Crippen molar-refractivity contribution >= 4 is 21.6 Å². The molecule has 3 nitrogen and oxygen atoms in total. The molecular formula is C15H21N3S. The topological polar surface area (TPSA) is 50.9 Å². The van der Waals surface area contributed by atoms with E-state index in [4.69, 9.17) is 5.73 Å². The van der Waals surface area contributed by atoms with Crippen molar-refractivity contribution in [3.8, 4) is 0 Å². The van der Waals surface area contributed by atoms with Gasteiger partial charge in [0.25, 0.3) is 0 Å². The van der Waals surface area contributed by atoms with Gasteiger partial charge in [0.05, 0.1) is 10.2 Å². The lowest BCUT2D eigenvalue weighted by Gasteiger charge is -2.29. The predicted octanol–water partition coefficient (Wildman–Crippen LogP) is 3.22. The van der Waals surface area contributed by atoms with E-state index in [0.29, 0.717) is 18.1 Å². The molecule has 1 fully saturated rings. The van der Waals surface area contributed by atoms with Crippen LogP contribution in [0.4, 0.5) is 0 Å². The highest BCUT2D eigenvalue weighted by Crippen LogP contribution is 2.24. The van der Waals surface area contributed by atoms with Crippen LogP contribution in [0.25, 0.3) is 10.2 Å². The molecule has 0 saturated heterocycles. The second-order valence-electron chi connectivity index (χ2n) is 5.57. The first kappa shape index (κ1) is 13.0. The molecule has 1 aliphatic carbocycles. The first-order valence-corrected chi connectivity index (χ1v) is 7.95. The van der Waals surface area contributed by atoms with Gasteiger partial charge in [0, 0.05) is 24.3 Å². The SMILES string of the molecule is CC(NC1CCC(N)CC1)c1cnc2ccsc2c1. The number of nitrogens with two attached hydrogens (primary N) is 1. The first-order chi connectivity index (χ1) is 9.22. The molecule has 19 heavy (non-hydrogen) atoms. The summed E-state index contributed by atoms with van der Waals surface area (Å²) in [5.41, 5.74) is 8.34. The number of rotatable bonds is 3. The number of hydrogen-bond donors (Lipinski definition) is 2. The zero-order valence-corrected chi connectivity index (χ0v) is 12.1. The Kier molecular flexibility index (Phi) is 3.82. The molecule has 1 aliphatic rings. The van der Waals surface area contributed by atoms with Gasteiger partial charge in [-0.25, -0.2) is 0 Å². The number of thiophene rings is 1. The highest BCUT2D eigenvalue weighted by Gasteiger charge is 2.20. The van der Waals surface area contributed by atoms with Gasteiger partial charge in [-0.3, -0.25) is 4.98 Å². The highest BCUT2D eigenvalue weighted by molar-refractivity contribution is 7.17. The van der Waals surface area contributed by atoms with Crippen LogP contribution in [0, 0.1) is 0 Å². The molecule has 3 N–H and O–H groups in total. The highest BCUT2D eigenvalue weighted by atomic mass is 32.1. The third-order valence-electron chi connectivity index (χ3n) is 4.08. The lowest BCUT2D eigenvalue weighted by Crippen LogP contribution is -2.38. The van der Waals surface area contributed by atoms with Gasteiger partial charge in [0.1, 0.15) is 0 Å². The fourth-order valence-corrected chi connectivity index (χ4v) is 3.62. The molecule has 2 aromatic rings. The average molecular weight is 275 g/mol. The van der Waals surface area contributed by atoms with Crippen molar-refractivity contribution in [1.82, 2.24) is 10.3 Å². The van der Waals surface area contributed by atoms with E-state index in [1.165, 1.54) is 23.1 Å². The Balaban J connectivity index is 1.67. The van der Waals surface area contributed by atoms with Crippen molar-refractivity contribution in [3.63, 3.8) is 0 Å². The standard InChI is InChI=1S/C15H21N3S/c1-10(18-13-4-2-12(16)3-5-13)11-8-15-14(17-9-11)6-7-19-15/h6-10,12-13,18H,2-5,16H2,1H3. The maximum Gasteiger partial charge on any atom is 0.0809 e. The molecule has 2 aromatic heterocycles. The van der Waals surface area contributed by atoms with Gasteiger partial charge in [-0.1, -0.05) is 0 Å². The molecule has 0 aromatic carbocycles. The van der Waals surface area contributed by atoms with E-state index in [2.05, 4.69) is 34.7 Å². The maximum absolute atomic E-state index is 5.95. The molecule has 1 atom stereocenters. The molecule has 0 aliphatic heterocycles. The third kappa shape index (κ3) is 2.96. The van der Waals surface area contributed by atoms with Crippen LogP contribution < -0.4 is 11.1 Å². The molecule has 4 heteroatoms. The van der Waals surface area contributed by atoms with Crippen LogP contribution in [-0.4, -0.2) is 17.1 Å². The summed E-state index contributed by atoms with van der Waals surface area (Å²) in [6.07, 6.45) is 6.68. The summed E-state index contributed by atoms with van der Waals surface area (Å²) in [6.45, 7) is 2.23. The normalized spacial score (nSPS) is 25.6. The van der Waals surface area contributed by atoms with E-state index in [1.807, 2.05) is 6.20 Å². The summed E-state index contributed by atoms with van der Waals surface area (Å²) in [5, 5.41) is 5.82. The van der Waals surface area contributed by atoms with Gasteiger partial charge in [-0.2, -0.15) is 0 Å². The Morgan fingerprint density at radius 3 is 2.95 bits per heavy atom. The van der Waals surface area contributed by atoms with E-state index >= 15 is 0 Å². The van der Waals surface area contributed by atoms with Crippen molar-refractivity contribution in [1.29, 1.82) is 0 Å². The van der Waals surface area contributed by atoms with Gasteiger partial charge in [-0.15, -0.1) is 11.3 Å². The molecule has 0 spiro atoms. The Bertz CT molecular complexity index is 543. The van der Waals surface area contributed by atoms with Gasteiger partial charge < -0.3 is 11.1 Å². The lowest BCUT2D eigenvalue weighted by atomic mass is 9.91. The van der Waals surface area contributed by atoms with Gasteiger partial charge in [0.2, 0.25) is 0 Å². The Morgan fingerprint density at radius 1 is 1.37 bits per heavy atom. The Morgan fingerprint density at radius 2 is 2.16 bits per heavy atom. The van der Waals surface area contributed by atoms with Crippen molar-refractivity contribution < 1.29 is 0 Å². The molecule has 0 radical (unpaired) electrons. The zero-order valence-electron chi connectivity index (χ0n) is 11.3. The van der Waals surface area contributed by atoms with Crippen LogP contribution in [0.2, 0.25) is 0 Å². The molecule has 102 valence electrons. The van der Waals surface area contributed by atoms with E-state index in [0.717, 1.165) is 18.4 Å². The lowest BCUT2D eigenvalue weighted by molar-refractivity contribution is 0.322. The van der Waals surface area contributed by atoms with Crippen molar-refractivity contribution in [2.75, 3.05) is 0 Å². The summed E-state index contributed by atoms with van der Waals surface area (Å²) in [5.74, 6) is 0. The number of fused-ring (bicyclic) bond motifs is 1. The predicted molar refractivity (Wildman–Crippen MR) is 81.4 cm³/mol.